The van der Waals surface area contributed by atoms with Crippen molar-refractivity contribution in [1.82, 2.24) is 14.7 Å². The van der Waals surface area contributed by atoms with Crippen molar-refractivity contribution in [1.29, 1.82) is 0 Å². The molecule has 1 aromatic heterocycles. The number of nitrogens with two attached hydrogens (primary N) is 1. The van der Waals surface area contributed by atoms with E-state index in [4.69, 9.17) is 5.73 Å². The second-order valence-electron chi connectivity index (χ2n) is 6.35. The van der Waals surface area contributed by atoms with Crippen LogP contribution in [0.25, 0.3) is 0 Å². The SMILES string of the molecule is CCC(C)(C(N)CCc1ccnn1C)N1CCCCC1. The van der Waals surface area contributed by atoms with E-state index in [1.807, 2.05) is 17.9 Å². The van der Waals surface area contributed by atoms with Gasteiger partial charge in [-0.05, 0) is 58.2 Å². The second kappa shape index (κ2) is 6.72. The normalized spacial score (nSPS) is 21.6. The summed E-state index contributed by atoms with van der Waals surface area (Å²) in [5.74, 6) is 0. The summed E-state index contributed by atoms with van der Waals surface area (Å²) in [7, 11) is 2.00. The molecule has 0 radical (unpaired) electrons. The number of likely N-dealkylation sites (tertiary alicyclic amines) is 1. The molecule has 1 aromatic rings. The first-order chi connectivity index (χ1) is 9.58. The molecule has 1 aliphatic rings. The summed E-state index contributed by atoms with van der Waals surface area (Å²) in [6.45, 7) is 7.05. The zero-order valence-corrected chi connectivity index (χ0v) is 13.3. The summed E-state index contributed by atoms with van der Waals surface area (Å²) in [5, 5.41) is 4.23. The number of nitrogens with zero attached hydrogens (tertiary/aromatic N) is 3. The summed E-state index contributed by atoms with van der Waals surface area (Å²) in [4.78, 5) is 2.63. The van der Waals surface area contributed by atoms with Gasteiger partial charge in [0, 0.05) is 30.5 Å². The van der Waals surface area contributed by atoms with Crippen molar-refractivity contribution in [2.75, 3.05) is 13.1 Å². The van der Waals surface area contributed by atoms with Crippen molar-refractivity contribution in [3.8, 4) is 0 Å². The standard InChI is InChI=1S/C16H30N4/c1-4-16(2,20-12-6-5-7-13-20)15(17)9-8-14-10-11-18-19(14)3/h10-11,15H,4-9,12-13,17H2,1-3H3. The first-order valence-electron chi connectivity index (χ1n) is 8.05. The van der Waals surface area contributed by atoms with Gasteiger partial charge >= 0.3 is 0 Å². The fourth-order valence-corrected chi connectivity index (χ4v) is 3.39. The second-order valence-corrected chi connectivity index (χ2v) is 6.35. The van der Waals surface area contributed by atoms with E-state index in [9.17, 15) is 0 Å². The average molecular weight is 278 g/mol. The van der Waals surface area contributed by atoms with E-state index in [1.54, 1.807) is 0 Å². The van der Waals surface area contributed by atoms with Crippen molar-refractivity contribution in [3.05, 3.63) is 18.0 Å². The van der Waals surface area contributed by atoms with E-state index in [0.717, 1.165) is 19.3 Å². The molecule has 1 fully saturated rings. The summed E-state index contributed by atoms with van der Waals surface area (Å²) >= 11 is 0. The zero-order chi connectivity index (χ0) is 14.6. The first kappa shape index (κ1) is 15.5. The minimum atomic E-state index is 0.138. The van der Waals surface area contributed by atoms with Crippen LogP contribution < -0.4 is 5.73 Å². The quantitative estimate of drug-likeness (QED) is 0.869. The summed E-state index contributed by atoms with van der Waals surface area (Å²) in [6, 6.07) is 2.32. The monoisotopic (exact) mass is 278 g/mol. The molecule has 114 valence electrons. The third-order valence-corrected chi connectivity index (χ3v) is 5.23. The van der Waals surface area contributed by atoms with Crippen LogP contribution in [0, 0.1) is 0 Å². The molecule has 20 heavy (non-hydrogen) atoms. The molecule has 2 unspecified atom stereocenters. The van der Waals surface area contributed by atoms with Gasteiger partial charge in [0.1, 0.15) is 0 Å². The van der Waals surface area contributed by atoms with Gasteiger partial charge in [0.2, 0.25) is 0 Å². The predicted molar refractivity (Wildman–Crippen MR) is 83.6 cm³/mol. The molecule has 1 saturated heterocycles. The van der Waals surface area contributed by atoms with Gasteiger partial charge in [-0.1, -0.05) is 13.3 Å². The summed E-state index contributed by atoms with van der Waals surface area (Å²) in [6.07, 6.45) is 9.06. The van der Waals surface area contributed by atoms with Crippen molar-refractivity contribution < 1.29 is 0 Å². The lowest BCUT2D eigenvalue weighted by molar-refractivity contribution is 0.0521. The van der Waals surface area contributed by atoms with E-state index in [2.05, 4.69) is 29.9 Å². The Morgan fingerprint density at radius 1 is 1.35 bits per heavy atom. The molecule has 0 aromatic carbocycles. The van der Waals surface area contributed by atoms with Crippen molar-refractivity contribution in [3.63, 3.8) is 0 Å². The third kappa shape index (κ3) is 3.23. The molecule has 2 N–H and O–H groups in total. The van der Waals surface area contributed by atoms with E-state index < -0.39 is 0 Å². The van der Waals surface area contributed by atoms with Crippen LogP contribution in [-0.2, 0) is 13.5 Å². The molecule has 2 rings (SSSR count). The molecule has 4 nitrogen and oxygen atoms in total. The maximum absolute atomic E-state index is 6.59. The Labute approximate surface area is 123 Å². The van der Waals surface area contributed by atoms with Gasteiger partial charge in [0.05, 0.1) is 0 Å². The Hall–Kier alpha value is -0.870. The Morgan fingerprint density at radius 3 is 2.60 bits per heavy atom. The lowest BCUT2D eigenvalue weighted by Crippen LogP contribution is -2.59. The van der Waals surface area contributed by atoms with Crippen LogP contribution in [0.4, 0.5) is 0 Å². The Morgan fingerprint density at radius 2 is 2.05 bits per heavy atom. The van der Waals surface area contributed by atoms with Gasteiger partial charge in [-0.15, -0.1) is 0 Å². The Bertz CT molecular complexity index is 408. The number of rotatable bonds is 6. The highest BCUT2D eigenvalue weighted by molar-refractivity contribution is 5.03. The molecule has 0 saturated carbocycles. The lowest BCUT2D eigenvalue weighted by Gasteiger charge is -2.47. The predicted octanol–water partition coefficient (Wildman–Crippen LogP) is 2.33. The van der Waals surface area contributed by atoms with E-state index in [1.165, 1.54) is 38.0 Å². The van der Waals surface area contributed by atoms with Crippen LogP contribution in [0.15, 0.2) is 12.3 Å². The van der Waals surface area contributed by atoms with Crippen molar-refractivity contribution in [2.24, 2.45) is 12.8 Å². The minimum absolute atomic E-state index is 0.138. The minimum Gasteiger partial charge on any atom is -0.326 e. The van der Waals surface area contributed by atoms with Crippen LogP contribution in [0.5, 0.6) is 0 Å². The van der Waals surface area contributed by atoms with Crippen LogP contribution in [0.1, 0.15) is 51.6 Å². The number of hydrogen-bond acceptors (Lipinski definition) is 3. The smallest absolute Gasteiger partial charge is 0.0492 e. The molecule has 0 aliphatic carbocycles. The van der Waals surface area contributed by atoms with Gasteiger partial charge in [0.15, 0.2) is 0 Å². The van der Waals surface area contributed by atoms with E-state index in [-0.39, 0.29) is 11.6 Å². The Kier molecular flexibility index (Phi) is 5.22. The highest BCUT2D eigenvalue weighted by Crippen LogP contribution is 2.28. The summed E-state index contributed by atoms with van der Waals surface area (Å²) in [5.41, 5.74) is 8.00. The molecule has 1 aliphatic heterocycles. The van der Waals surface area contributed by atoms with Crippen LogP contribution in [0.2, 0.25) is 0 Å². The van der Waals surface area contributed by atoms with Crippen molar-refractivity contribution in [2.45, 2.75) is 64.0 Å². The maximum atomic E-state index is 6.59. The van der Waals surface area contributed by atoms with Gasteiger partial charge in [0.25, 0.3) is 0 Å². The fourth-order valence-electron chi connectivity index (χ4n) is 3.39. The molecule has 2 heterocycles. The largest absolute Gasteiger partial charge is 0.326 e. The van der Waals surface area contributed by atoms with Gasteiger partial charge in [-0.3, -0.25) is 9.58 Å². The third-order valence-electron chi connectivity index (χ3n) is 5.23. The molecule has 0 spiro atoms. The number of piperidine rings is 1. The number of aryl methyl sites for hydroxylation is 2. The molecule has 0 amide bonds. The van der Waals surface area contributed by atoms with E-state index >= 15 is 0 Å². The van der Waals surface area contributed by atoms with Gasteiger partial charge in [-0.2, -0.15) is 5.10 Å². The van der Waals surface area contributed by atoms with Crippen LogP contribution in [0.3, 0.4) is 0 Å². The number of aromatic nitrogens is 2. The van der Waals surface area contributed by atoms with Gasteiger partial charge in [-0.25, -0.2) is 0 Å². The van der Waals surface area contributed by atoms with Crippen molar-refractivity contribution >= 4 is 0 Å². The van der Waals surface area contributed by atoms with Gasteiger partial charge < -0.3 is 5.73 Å². The number of hydrogen-bond donors (Lipinski definition) is 1. The molecule has 2 atom stereocenters. The highest BCUT2D eigenvalue weighted by atomic mass is 15.3. The molecular formula is C16H30N4. The fraction of sp³-hybridized carbons (Fsp3) is 0.812. The van der Waals surface area contributed by atoms with Crippen LogP contribution in [-0.4, -0.2) is 39.4 Å². The molecule has 4 heteroatoms. The average Bonchev–Trinajstić information content (AvgIpc) is 2.90. The van der Waals surface area contributed by atoms with Crippen LogP contribution >= 0.6 is 0 Å². The highest BCUT2D eigenvalue weighted by Gasteiger charge is 2.36. The first-order valence-corrected chi connectivity index (χ1v) is 8.05. The maximum Gasteiger partial charge on any atom is 0.0492 e. The lowest BCUT2D eigenvalue weighted by atomic mass is 9.83. The molecular weight excluding hydrogens is 248 g/mol. The zero-order valence-electron chi connectivity index (χ0n) is 13.3. The Balaban J connectivity index is 1.96. The topological polar surface area (TPSA) is 47.1 Å². The molecule has 0 bridgehead atoms. The van der Waals surface area contributed by atoms with E-state index in [0.29, 0.717) is 0 Å². The summed E-state index contributed by atoms with van der Waals surface area (Å²) < 4.78 is 1.96.